The molecule has 0 bridgehead atoms. The number of anilines is 1. The second-order valence-corrected chi connectivity index (χ2v) is 5.51. The smallest absolute Gasteiger partial charge is 0.291 e. The SMILES string of the molecule is O=C([O-])c1ccc(Cl)c(NC(=O)c2ccc(-c3ccc(F)cc3)o2)c1. The minimum atomic E-state index is -1.39. The molecule has 0 aliphatic carbocycles. The molecular weight excluding hydrogens is 349 g/mol. The fourth-order valence-corrected chi connectivity index (χ4v) is 2.33. The Balaban J connectivity index is 1.82. The Morgan fingerprint density at radius 1 is 1.04 bits per heavy atom. The zero-order chi connectivity index (χ0) is 18.0. The summed E-state index contributed by atoms with van der Waals surface area (Å²) in [5, 5.41) is 13.5. The van der Waals surface area contributed by atoms with E-state index in [9.17, 15) is 19.1 Å². The molecule has 0 aliphatic heterocycles. The Bertz CT molecular complexity index is 950. The first-order valence-electron chi connectivity index (χ1n) is 7.12. The predicted octanol–water partition coefficient (Wildman–Crippen LogP) is 3.35. The lowest BCUT2D eigenvalue weighted by Crippen LogP contribution is -2.22. The van der Waals surface area contributed by atoms with Crippen molar-refractivity contribution in [2.45, 2.75) is 0 Å². The van der Waals surface area contributed by atoms with Crippen LogP contribution in [-0.2, 0) is 0 Å². The summed E-state index contributed by atoms with van der Waals surface area (Å²) in [6.07, 6.45) is 0. The van der Waals surface area contributed by atoms with Gasteiger partial charge in [0, 0.05) is 5.56 Å². The lowest BCUT2D eigenvalue weighted by molar-refractivity contribution is -0.255. The molecule has 3 aromatic rings. The first-order valence-corrected chi connectivity index (χ1v) is 7.50. The number of carboxylic acids is 1. The molecule has 0 saturated carbocycles. The highest BCUT2D eigenvalue weighted by atomic mass is 35.5. The normalized spacial score (nSPS) is 10.5. The molecule has 0 unspecified atom stereocenters. The van der Waals surface area contributed by atoms with Crippen LogP contribution in [0, 0.1) is 5.82 Å². The number of carboxylic acid groups (broad SMARTS) is 1. The molecule has 0 aliphatic rings. The number of hydrogen-bond acceptors (Lipinski definition) is 4. The maximum Gasteiger partial charge on any atom is 0.291 e. The van der Waals surface area contributed by atoms with E-state index in [1.165, 1.54) is 48.5 Å². The molecule has 0 spiro atoms. The van der Waals surface area contributed by atoms with Crippen LogP contribution in [0.2, 0.25) is 5.02 Å². The quantitative estimate of drug-likeness (QED) is 0.775. The van der Waals surface area contributed by atoms with Crippen LogP contribution in [0.15, 0.2) is 59.0 Å². The Morgan fingerprint density at radius 3 is 2.44 bits per heavy atom. The van der Waals surface area contributed by atoms with Crippen molar-refractivity contribution in [1.82, 2.24) is 0 Å². The average molecular weight is 359 g/mol. The van der Waals surface area contributed by atoms with Crippen molar-refractivity contribution in [2.75, 3.05) is 5.32 Å². The van der Waals surface area contributed by atoms with Crippen molar-refractivity contribution in [2.24, 2.45) is 0 Å². The summed E-state index contributed by atoms with van der Waals surface area (Å²) in [5.74, 6) is -1.99. The topological polar surface area (TPSA) is 82.4 Å². The Morgan fingerprint density at radius 2 is 1.76 bits per heavy atom. The van der Waals surface area contributed by atoms with Gasteiger partial charge < -0.3 is 19.6 Å². The van der Waals surface area contributed by atoms with Crippen molar-refractivity contribution < 1.29 is 23.5 Å². The number of carbonyl (C=O) groups is 2. The molecule has 0 fully saturated rings. The summed E-state index contributed by atoms with van der Waals surface area (Å²) in [6, 6.07) is 12.4. The van der Waals surface area contributed by atoms with Crippen LogP contribution < -0.4 is 10.4 Å². The fourth-order valence-electron chi connectivity index (χ4n) is 2.16. The van der Waals surface area contributed by atoms with E-state index in [0.29, 0.717) is 11.3 Å². The van der Waals surface area contributed by atoms with E-state index in [1.54, 1.807) is 6.07 Å². The van der Waals surface area contributed by atoms with Gasteiger partial charge in [0.25, 0.3) is 5.91 Å². The highest BCUT2D eigenvalue weighted by Crippen LogP contribution is 2.26. The molecule has 1 aromatic heterocycles. The number of carbonyl (C=O) groups excluding carboxylic acids is 2. The lowest BCUT2D eigenvalue weighted by atomic mass is 10.2. The molecule has 1 N–H and O–H groups in total. The molecular formula is C18H10ClFNO4-. The molecule has 3 rings (SSSR count). The molecule has 0 radical (unpaired) electrons. The summed E-state index contributed by atoms with van der Waals surface area (Å²) in [6.45, 7) is 0. The van der Waals surface area contributed by atoms with E-state index < -0.39 is 11.9 Å². The molecule has 1 amide bonds. The van der Waals surface area contributed by atoms with Gasteiger partial charge in [-0.25, -0.2) is 4.39 Å². The molecule has 2 aromatic carbocycles. The van der Waals surface area contributed by atoms with Gasteiger partial charge in [-0.2, -0.15) is 0 Å². The molecule has 7 heteroatoms. The standard InChI is InChI=1S/C18H11ClFNO4/c19-13-6-3-11(18(23)24)9-14(13)21-17(22)16-8-7-15(25-16)10-1-4-12(20)5-2-10/h1-9H,(H,21,22)(H,23,24)/p-1. The van der Waals surface area contributed by atoms with Crippen molar-refractivity contribution in [3.63, 3.8) is 0 Å². The van der Waals surface area contributed by atoms with Gasteiger partial charge in [0.2, 0.25) is 0 Å². The minimum Gasteiger partial charge on any atom is -0.545 e. The van der Waals surface area contributed by atoms with Crippen molar-refractivity contribution >= 4 is 29.2 Å². The minimum absolute atomic E-state index is 0.00533. The van der Waals surface area contributed by atoms with Gasteiger partial charge in [0.15, 0.2) is 5.76 Å². The van der Waals surface area contributed by atoms with Gasteiger partial charge in [-0.1, -0.05) is 17.7 Å². The van der Waals surface area contributed by atoms with Crippen LogP contribution in [-0.4, -0.2) is 11.9 Å². The van der Waals surface area contributed by atoms with Crippen LogP contribution in [0.1, 0.15) is 20.9 Å². The third kappa shape index (κ3) is 3.70. The Hall–Kier alpha value is -3.12. The zero-order valence-corrected chi connectivity index (χ0v) is 13.3. The number of rotatable bonds is 4. The number of furan rings is 1. The van der Waals surface area contributed by atoms with Crippen LogP contribution in [0.3, 0.4) is 0 Å². The fraction of sp³-hybridized carbons (Fsp3) is 0. The van der Waals surface area contributed by atoms with E-state index in [2.05, 4.69) is 5.32 Å². The van der Waals surface area contributed by atoms with Gasteiger partial charge >= 0.3 is 0 Å². The Kier molecular flexibility index (Phi) is 4.54. The van der Waals surface area contributed by atoms with Crippen molar-refractivity contribution in [3.8, 4) is 11.3 Å². The summed E-state index contributed by atoms with van der Waals surface area (Å²) in [5.41, 5.74) is 0.608. The van der Waals surface area contributed by atoms with Gasteiger partial charge in [0.1, 0.15) is 11.6 Å². The molecule has 25 heavy (non-hydrogen) atoms. The first-order chi connectivity index (χ1) is 11.9. The van der Waals surface area contributed by atoms with E-state index >= 15 is 0 Å². The van der Waals surface area contributed by atoms with Crippen molar-refractivity contribution in [3.05, 3.63) is 76.8 Å². The van der Waals surface area contributed by atoms with E-state index in [-0.39, 0.29) is 27.9 Å². The number of hydrogen-bond donors (Lipinski definition) is 1. The van der Waals surface area contributed by atoms with E-state index in [1.807, 2.05) is 0 Å². The van der Waals surface area contributed by atoms with E-state index in [4.69, 9.17) is 16.0 Å². The van der Waals surface area contributed by atoms with Crippen LogP contribution in [0.5, 0.6) is 0 Å². The maximum atomic E-state index is 13.0. The summed E-state index contributed by atoms with van der Waals surface area (Å²) in [7, 11) is 0. The molecule has 126 valence electrons. The average Bonchev–Trinajstić information content (AvgIpc) is 3.07. The van der Waals surface area contributed by atoms with Gasteiger partial charge in [-0.05, 0) is 54.1 Å². The highest BCUT2D eigenvalue weighted by molar-refractivity contribution is 6.34. The first kappa shape index (κ1) is 16.7. The molecule has 5 nitrogen and oxygen atoms in total. The van der Waals surface area contributed by atoms with Gasteiger partial charge in [-0.15, -0.1) is 0 Å². The third-order valence-electron chi connectivity index (χ3n) is 3.41. The molecule has 1 heterocycles. The predicted molar refractivity (Wildman–Crippen MR) is 87.8 cm³/mol. The van der Waals surface area contributed by atoms with Crippen LogP contribution >= 0.6 is 11.6 Å². The number of halogens is 2. The lowest BCUT2D eigenvalue weighted by Gasteiger charge is -2.09. The third-order valence-corrected chi connectivity index (χ3v) is 3.74. The summed E-state index contributed by atoms with van der Waals surface area (Å²) in [4.78, 5) is 23.2. The van der Waals surface area contributed by atoms with E-state index in [0.717, 1.165) is 0 Å². The summed E-state index contributed by atoms with van der Waals surface area (Å²) < 4.78 is 18.4. The second-order valence-electron chi connectivity index (χ2n) is 5.11. The number of nitrogens with one attached hydrogen (secondary N) is 1. The van der Waals surface area contributed by atoms with Crippen LogP contribution in [0.4, 0.5) is 10.1 Å². The molecule has 0 saturated heterocycles. The van der Waals surface area contributed by atoms with Crippen molar-refractivity contribution in [1.29, 1.82) is 0 Å². The monoisotopic (exact) mass is 358 g/mol. The number of aromatic carboxylic acids is 1. The Labute approximate surface area is 146 Å². The number of amides is 1. The maximum absolute atomic E-state index is 13.0. The molecule has 0 atom stereocenters. The van der Waals surface area contributed by atoms with Crippen LogP contribution in [0.25, 0.3) is 11.3 Å². The number of benzene rings is 2. The largest absolute Gasteiger partial charge is 0.545 e. The van der Waals surface area contributed by atoms with Gasteiger partial charge in [0.05, 0.1) is 16.7 Å². The van der Waals surface area contributed by atoms with Gasteiger partial charge in [-0.3, -0.25) is 4.79 Å². The zero-order valence-electron chi connectivity index (χ0n) is 12.6. The summed E-state index contributed by atoms with van der Waals surface area (Å²) >= 11 is 5.95. The highest BCUT2D eigenvalue weighted by Gasteiger charge is 2.14. The second kappa shape index (κ2) is 6.78.